The molecule has 222 valence electrons. The summed E-state index contributed by atoms with van der Waals surface area (Å²) in [5.74, 6) is 0. The first-order valence-corrected chi connectivity index (χ1v) is 15.6. The molecule has 0 spiro atoms. The van der Waals surface area contributed by atoms with Crippen LogP contribution in [0.15, 0.2) is 79.1 Å². The van der Waals surface area contributed by atoms with E-state index in [1.54, 1.807) is 4.90 Å². The summed E-state index contributed by atoms with van der Waals surface area (Å²) in [6.45, 7) is 3.47. The number of nitrogens with two attached hydrogens (primary N) is 1. The standard InChI is InChI=1S/C21H38N.C15H12N2O.ClH/c1-2-3-4-5-6-7-8-9-10-11-12-13-14-16-19-22-20-17-15-18-21-22;16-15(18)17-13-7-3-1-5-11(13)9-10-12-6-2-4-8-14(12)17;/h15,17-18,20-21H,2-14,16,19H2,1H3;1-10H,(H2,16,18);1H/q+1;;/p-1. The Bertz CT molecular complexity index is 1100. The fourth-order valence-electron chi connectivity index (χ4n) is 5.28. The van der Waals surface area contributed by atoms with E-state index in [2.05, 4.69) is 42.1 Å². The van der Waals surface area contributed by atoms with Gasteiger partial charge in [-0.1, -0.05) is 139 Å². The van der Waals surface area contributed by atoms with Crippen LogP contribution in [0, 0.1) is 0 Å². The Balaban J connectivity index is 0.000000284. The largest absolute Gasteiger partial charge is 1.00 e. The van der Waals surface area contributed by atoms with Crippen molar-refractivity contribution in [1.82, 2.24) is 0 Å². The van der Waals surface area contributed by atoms with Crippen LogP contribution in [0.4, 0.5) is 16.2 Å². The molecule has 2 aromatic carbocycles. The van der Waals surface area contributed by atoms with E-state index in [-0.39, 0.29) is 12.4 Å². The van der Waals surface area contributed by atoms with Gasteiger partial charge in [0.15, 0.2) is 12.4 Å². The van der Waals surface area contributed by atoms with Crippen molar-refractivity contribution in [3.8, 4) is 0 Å². The van der Waals surface area contributed by atoms with Gasteiger partial charge in [0.2, 0.25) is 0 Å². The number of halogens is 1. The van der Waals surface area contributed by atoms with Crippen LogP contribution >= 0.6 is 0 Å². The minimum Gasteiger partial charge on any atom is -1.00 e. The van der Waals surface area contributed by atoms with Crippen molar-refractivity contribution in [2.75, 3.05) is 4.90 Å². The SMILES string of the molecule is CCCCCCCCCCCCCCCC[n+]1ccccc1.NC(=O)N1c2ccccc2C=Cc2ccccc21.[Cl-]. The molecule has 5 heteroatoms. The minimum absolute atomic E-state index is 0. The first kappa shape index (κ1) is 34.1. The van der Waals surface area contributed by atoms with Crippen LogP contribution in [0.2, 0.25) is 0 Å². The van der Waals surface area contributed by atoms with E-state index in [9.17, 15) is 4.79 Å². The number of urea groups is 1. The Morgan fingerprint density at radius 3 is 1.46 bits per heavy atom. The predicted molar refractivity (Wildman–Crippen MR) is 170 cm³/mol. The van der Waals surface area contributed by atoms with Gasteiger partial charge in [-0.05, 0) is 29.7 Å². The second-order valence-corrected chi connectivity index (χ2v) is 10.8. The molecule has 0 atom stereocenters. The molecule has 1 aromatic heterocycles. The minimum atomic E-state index is -0.474. The van der Waals surface area contributed by atoms with Crippen LogP contribution in [0.3, 0.4) is 0 Å². The lowest BCUT2D eigenvalue weighted by Crippen LogP contribution is -3.00. The summed E-state index contributed by atoms with van der Waals surface area (Å²) in [6, 6.07) is 21.2. The van der Waals surface area contributed by atoms with Gasteiger partial charge in [0, 0.05) is 18.6 Å². The van der Waals surface area contributed by atoms with E-state index in [4.69, 9.17) is 5.73 Å². The van der Waals surface area contributed by atoms with Crippen LogP contribution in [0.25, 0.3) is 12.2 Å². The number of para-hydroxylation sites is 2. The van der Waals surface area contributed by atoms with Crippen molar-refractivity contribution in [2.24, 2.45) is 5.73 Å². The molecule has 4 rings (SSSR count). The molecule has 0 aliphatic carbocycles. The maximum absolute atomic E-state index is 11.8. The van der Waals surface area contributed by atoms with Crippen molar-refractivity contribution in [3.05, 3.63) is 90.3 Å². The van der Waals surface area contributed by atoms with Gasteiger partial charge in [-0.15, -0.1) is 0 Å². The van der Waals surface area contributed by atoms with Crippen LogP contribution < -0.4 is 27.6 Å². The Morgan fingerprint density at radius 2 is 1.02 bits per heavy atom. The second-order valence-electron chi connectivity index (χ2n) is 10.8. The normalized spacial score (nSPS) is 11.4. The molecule has 2 heterocycles. The number of aryl methyl sites for hydroxylation is 1. The van der Waals surface area contributed by atoms with E-state index in [1.807, 2.05) is 60.7 Å². The Hall–Kier alpha value is -3.11. The lowest BCUT2D eigenvalue weighted by Gasteiger charge is -2.22. The van der Waals surface area contributed by atoms with Crippen LogP contribution in [-0.4, -0.2) is 6.03 Å². The molecule has 3 aromatic rings. The molecule has 0 saturated heterocycles. The van der Waals surface area contributed by atoms with Crippen molar-refractivity contribution < 1.29 is 21.8 Å². The number of anilines is 2. The average molecular weight is 576 g/mol. The summed E-state index contributed by atoms with van der Waals surface area (Å²) >= 11 is 0. The zero-order valence-corrected chi connectivity index (χ0v) is 25.8. The molecule has 0 bridgehead atoms. The summed E-state index contributed by atoms with van der Waals surface area (Å²) in [5.41, 5.74) is 9.11. The van der Waals surface area contributed by atoms with Gasteiger partial charge in [-0.2, -0.15) is 0 Å². The summed E-state index contributed by atoms with van der Waals surface area (Å²) < 4.78 is 2.29. The number of fused-ring (bicyclic) bond motifs is 2. The number of primary amides is 1. The zero-order chi connectivity index (χ0) is 28.3. The number of benzene rings is 2. The number of carbonyl (C=O) groups is 1. The molecule has 2 N–H and O–H groups in total. The van der Waals surface area contributed by atoms with E-state index < -0.39 is 6.03 Å². The summed E-state index contributed by atoms with van der Waals surface area (Å²) in [6.07, 6.45) is 28.4. The van der Waals surface area contributed by atoms with Crippen LogP contribution in [0.1, 0.15) is 108 Å². The predicted octanol–water partition coefficient (Wildman–Crippen LogP) is 6.85. The van der Waals surface area contributed by atoms with Gasteiger partial charge in [0.1, 0.15) is 6.54 Å². The molecule has 0 radical (unpaired) electrons. The highest BCUT2D eigenvalue weighted by atomic mass is 35.5. The number of unbranched alkanes of at least 4 members (excludes halogenated alkanes) is 13. The monoisotopic (exact) mass is 575 g/mol. The second kappa shape index (κ2) is 20.7. The first-order valence-electron chi connectivity index (χ1n) is 15.6. The van der Waals surface area contributed by atoms with Gasteiger partial charge in [-0.25, -0.2) is 9.36 Å². The van der Waals surface area contributed by atoms with Gasteiger partial charge >= 0.3 is 6.03 Å². The Morgan fingerprint density at radius 1 is 0.610 bits per heavy atom. The third-order valence-electron chi connectivity index (χ3n) is 7.57. The molecule has 0 fully saturated rings. The number of nitrogens with zero attached hydrogens (tertiary/aromatic N) is 2. The van der Waals surface area contributed by atoms with Crippen molar-refractivity contribution in [3.63, 3.8) is 0 Å². The van der Waals surface area contributed by atoms with E-state index in [0.717, 1.165) is 22.5 Å². The molecular weight excluding hydrogens is 526 g/mol. The quantitative estimate of drug-likeness (QED) is 0.156. The Labute approximate surface area is 255 Å². The molecule has 2 amide bonds. The lowest BCUT2D eigenvalue weighted by atomic mass is 10.0. The number of amides is 2. The van der Waals surface area contributed by atoms with Gasteiger partial charge in [-0.3, -0.25) is 4.90 Å². The molecule has 4 nitrogen and oxygen atoms in total. The van der Waals surface area contributed by atoms with Crippen molar-refractivity contribution in [2.45, 2.75) is 103 Å². The number of carbonyl (C=O) groups excluding carboxylic acids is 1. The number of hydrogen-bond donors (Lipinski definition) is 1. The van der Waals surface area contributed by atoms with E-state index in [0.29, 0.717) is 0 Å². The molecule has 0 saturated carbocycles. The summed E-state index contributed by atoms with van der Waals surface area (Å²) in [5, 5.41) is 0. The number of rotatable bonds is 15. The van der Waals surface area contributed by atoms with E-state index >= 15 is 0 Å². The zero-order valence-electron chi connectivity index (χ0n) is 25.0. The first-order chi connectivity index (χ1) is 19.7. The number of pyridine rings is 1. The summed E-state index contributed by atoms with van der Waals surface area (Å²) in [7, 11) is 0. The average Bonchev–Trinajstić information content (AvgIpc) is 3.15. The fraction of sp³-hybridized carbons (Fsp3) is 0.444. The third kappa shape index (κ3) is 12.5. The molecule has 1 aliphatic rings. The van der Waals surface area contributed by atoms with Crippen molar-refractivity contribution >= 4 is 29.6 Å². The van der Waals surface area contributed by atoms with Gasteiger partial charge in [0.25, 0.3) is 0 Å². The number of hydrogen-bond acceptors (Lipinski definition) is 1. The maximum Gasteiger partial charge on any atom is 0.323 e. The number of aromatic nitrogens is 1. The smallest absolute Gasteiger partial charge is 0.323 e. The van der Waals surface area contributed by atoms with Crippen LogP contribution in [0.5, 0.6) is 0 Å². The summed E-state index contributed by atoms with van der Waals surface area (Å²) in [4.78, 5) is 13.3. The fourth-order valence-corrected chi connectivity index (χ4v) is 5.28. The lowest BCUT2D eigenvalue weighted by molar-refractivity contribution is -0.697. The van der Waals surface area contributed by atoms with Gasteiger partial charge < -0.3 is 18.1 Å². The highest BCUT2D eigenvalue weighted by Crippen LogP contribution is 2.35. The third-order valence-corrected chi connectivity index (χ3v) is 7.57. The molecule has 0 unspecified atom stereocenters. The van der Waals surface area contributed by atoms with Gasteiger partial charge in [0.05, 0.1) is 11.4 Å². The van der Waals surface area contributed by atoms with Crippen LogP contribution in [-0.2, 0) is 6.54 Å². The van der Waals surface area contributed by atoms with E-state index in [1.165, 1.54) is 96.4 Å². The van der Waals surface area contributed by atoms with Crippen molar-refractivity contribution in [1.29, 1.82) is 0 Å². The molecule has 1 aliphatic heterocycles. The Kier molecular flexibility index (Phi) is 17.2. The molecular formula is C36H50ClN3O. The molecule has 41 heavy (non-hydrogen) atoms. The maximum atomic E-state index is 11.8. The topological polar surface area (TPSA) is 50.2 Å². The highest BCUT2D eigenvalue weighted by Gasteiger charge is 2.21. The highest BCUT2D eigenvalue weighted by molar-refractivity contribution is 6.04.